The Balaban J connectivity index is 2.16. The normalized spacial score (nSPS) is 22.4. The molecule has 1 aliphatic rings. The fourth-order valence-electron chi connectivity index (χ4n) is 5.24. The Hall–Kier alpha value is -2.67. The maximum absolute atomic E-state index is 12.3. The number of ether oxygens (including phenoxy) is 5. The first-order valence-corrected chi connectivity index (χ1v) is 16.8. The molecule has 1 saturated heterocycles. The van der Waals surface area contributed by atoms with Gasteiger partial charge in [-0.1, -0.05) is 116 Å². The van der Waals surface area contributed by atoms with Crippen molar-refractivity contribution in [2.45, 2.75) is 81.1 Å². The van der Waals surface area contributed by atoms with Gasteiger partial charge < -0.3 is 28.1 Å². The average molecular weight is 689 g/mol. The van der Waals surface area contributed by atoms with Crippen LogP contribution in [0.1, 0.15) is 41.5 Å². The van der Waals surface area contributed by atoms with Gasteiger partial charge in [0.25, 0.3) is 12.1 Å². The van der Waals surface area contributed by atoms with E-state index in [4.69, 9.17) is 68.3 Å². The first kappa shape index (κ1) is 35.8. The van der Waals surface area contributed by atoms with E-state index < -0.39 is 71.7 Å². The number of alkyl halides is 3. The third-order valence-corrected chi connectivity index (χ3v) is 12.4. The summed E-state index contributed by atoms with van der Waals surface area (Å²) in [5, 5.41) is 9.65. The van der Waals surface area contributed by atoms with Crippen molar-refractivity contribution in [2.24, 2.45) is 0 Å². The van der Waals surface area contributed by atoms with Crippen molar-refractivity contribution >= 4 is 77.3 Å². The zero-order chi connectivity index (χ0) is 32.9. The smallest absolute Gasteiger partial charge is 0.303 e. The summed E-state index contributed by atoms with van der Waals surface area (Å²) in [5.74, 6) is -3.13. The van der Waals surface area contributed by atoms with Crippen LogP contribution in [0.2, 0.25) is 5.04 Å². The van der Waals surface area contributed by atoms with Crippen LogP contribution in [0.3, 0.4) is 0 Å². The predicted molar refractivity (Wildman–Crippen MR) is 168 cm³/mol. The molecular formula is C30H36Cl3NO9Si. The standard InChI is InChI=1S/C30H36Cl3NO9Si/c1-18(35)39-24-23(42-27(43-28(34)30(31,32)33)26(41-20(3)37)25(24)40-19(2)36)17-38-44(29(4,5)6,21-13-9-7-10-14-21)22-15-11-8-12-16-22/h7-16,23-27,34H,17H2,1-6H3/t23-,24-,25+,26-,27?/m1/s1. The average Bonchev–Trinajstić information content (AvgIpc) is 2.92. The van der Waals surface area contributed by atoms with Crippen LogP contribution >= 0.6 is 34.8 Å². The molecule has 5 atom stereocenters. The molecule has 1 aliphatic heterocycles. The number of carbonyl (C=O) groups is 3. The van der Waals surface area contributed by atoms with Crippen molar-refractivity contribution in [1.82, 2.24) is 0 Å². The second-order valence-electron chi connectivity index (χ2n) is 11.2. The molecule has 1 heterocycles. The molecule has 10 nitrogen and oxygen atoms in total. The Bertz CT molecular complexity index is 1280. The third-order valence-electron chi connectivity index (χ3n) is 6.87. The van der Waals surface area contributed by atoms with Gasteiger partial charge in [-0.25, -0.2) is 0 Å². The van der Waals surface area contributed by atoms with Crippen LogP contribution in [0.5, 0.6) is 0 Å². The minimum absolute atomic E-state index is 0.198. The second kappa shape index (κ2) is 14.6. The molecule has 0 saturated carbocycles. The van der Waals surface area contributed by atoms with Gasteiger partial charge in [0.2, 0.25) is 18.3 Å². The van der Waals surface area contributed by atoms with Crippen LogP contribution in [0.25, 0.3) is 0 Å². The zero-order valence-corrected chi connectivity index (χ0v) is 28.4. The fourth-order valence-corrected chi connectivity index (χ4v) is 9.94. The zero-order valence-electron chi connectivity index (χ0n) is 25.2. The van der Waals surface area contributed by atoms with Gasteiger partial charge in [0, 0.05) is 20.8 Å². The number of carbonyl (C=O) groups excluding carboxylic acids is 3. The van der Waals surface area contributed by atoms with Gasteiger partial charge >= 0.3 is 17.9 Å². The molecule has 2 aromatic carbocycles. The number of halogens is 3. The molecule has 1 fully saturated rings. The van der Waals surface area contributed by atoms with Gasteiger partial charge in [0.1, 0.15) is 6.10 Å². The van der Waals surface area contributed by atoms with Crippen molar-refractivity contribution in [3.05, 3.63) is 60.7 Å². The van der Waals surface area contributed by atoms with Crippen LogP contribution in [0, 0.1) is 5.41 Å². The van der Waals surface area contributed by atoms with Crippen molar-refractivity contribution in [3.63, 3.8) is 0 Å². The third kappa shape index (κ3) is 8.52. The van der Waals surface area contributed by atoms with Crippen LogP contribution in [-0.2, 0) is 42.5 Å². The van der Waals surface area contributed by atoms with E-state index in [1.807, 2.05) is 60.7 Å². The lowest BCUT2D eigenvalue weighted by Gasteiger charge is -2.47. The minimum Gasteiger partial charge on any atom is -0.456 e. The van der Waals surface area contributed by atoms with Crippen LogP contribution in [0.4, 0.5) is 0 Å². The van der Waals surface area contributed by atoms with Gasteiger partial charge in [-0.2, -0.15) is 0 Å². The van der Waals surface area contributed by atoms with E-state index in [2.05, 4.69) is 20.8 Å². The van der Waals surface area contributed by atoms with Crippen LogP contribution < -0.4 is 10.4 Å². The molecule has 2 aromatic rings. The summed E-state index contributed by atoms with van der Waals surface area (Å²) in [6.45, 7) is 9.47. The van der Waals surface area contributed by atoms with Gasteiger partial charge in [-0.05, 0) is 15.4 Å². The molecule has 0 bridgehead atoms. The summed E-state index contributed by atoms with van der Waals surface area (Å²) in [6, 6.07) is 19.6. The van der Waals surface area contributed by atoms with E-state index in [1.54, 1.807) is 0 Å². The first-order valence-electron chi connectivity index (χ1n) is 13.7. The molecule has 0 amide bonds. The highest BCUT2D eigenvalue weighted by molar-refractivity contribution is 6.99. The highest BCUT2D eigenvalue weighted by Gasteiger charge is 2.56. The van der Waals surface area contributed by atoms with E-state index in [1.165, 1.54) is 6.92 Å². The van der Waals surface area contributed by atoms with Crippen molar-refractivity contribution in [2.75, 3.05) is 6.61 Å². The molecule has 0 aliphatic carbocycles. The number of nitrogens with one attached hydrogen (secondary N) is 1. The lowest BCUT2D eigenvalue weighted by Crippen LogP contribution is -2.69. The molecule has 1 N–H and O–H groups in total. The molecule has 0 radical (unpaired) electrons. The Morgan fingerprint density at radius 3 is 1.59 bits per heavy atom. The lowest BCUT2D eigenvalue weighted by molar-refractivity contribution is -0.290. The fraction of sp³-hybridized carbons (Fsp3) is 0.467. The Morgan fingerprint density at radius 1 is 0.750 bits per heavy atom. The molecule has 1 unspecified atom stereocenters. The molecule has 240 valence electrons. The lowest BCUT2D eigenvalue weighted by atomic mass is 9.98. The number of rotatable bonds is 9. The summed E-state index contributed by atoms with van der Waals surface area (Å²) in [5.41, 5.74) is 0. The van der Waals surface area contributed by atoms with Crippen molar-refractivity contribution < 1.29 is 42.5 Å². The number of hydrogen-bond acceptors (Lipinski definition) is 10. The van der Waals surface area contributed by atoms with E-state index >= 15 is 0 Å². The number of esters is 3. The van der Waals surface area contributed by atoms with Gasteiger partial charge in [-0.3, -0.25) is 19.8 Å². The molecular weight excluding hydrogens is 653 g/mol. The van der Waals surface area contributed by atoms with Gasteiger partial charge in [0.05, 0.1) is 6.61 Å². The summed E-state index contributed by atoms with van der Waals surface area (Å²) in [6.07, 6.45) is -7.05. The molecule has 0 spiro atoms. The SMILES string of the molecule is CC(=O)O[C@H]1[C@H](OC(C)=O)[C@@H](OC(C)=O)C(OC(=N)C(Cl)(Cl)Cl)O[C@@H]1CO[Si](c1ccccc1)(c1ccccc1)C(C)(C)C. The Morgan fingerprint density at radius 2 is 1.18 bits per heavy atom. The second-order valence-corrected chi connectivity index (χ2v) is 17.8. The van der Waals surface area contributed by atoms with E-state index in [0.717, 1.165) is 24.2 Å². The Labute approximate surface area is 272 Å². The highest BCUT2D eigenvalue weighted by atomic mass is 35.6. The van der Waals surface area contributed by atoms with Crippen molar-refractivity contribution in [1.29, 1.82) is 5.41 Å². The van der Waals surface area contributed by atoms with Gasteiger partial charge in [0.15, 0.2) is 12.2 Å². The van der Waals surface area contributed by atoms with Gasteiger partial charge in [-0.15, -0.1) is 0 Å². The maximum atomic E-state index is 12.3. The Kier molecular flexibility index (Phi) is 11.9. The molecule has 0 aromatic heterocycles. The first-order chi connectivity index (χ1) is 20.5. The number of benzene rings is 2. The highest BCUT2D eigenvalue weighted by Crippen LogP contribution is 2.38. The molecule has 14 heteroatoms. The summed E-state index contributed by atoms with van der Waals surface area (Å²) >= 11 is 17.6. The molecule has 3 rings (SSSR count). The van der Waals surface area contributed by atoms with Crippen molar-refractivity contribution in [3.8, 4) is 0 Å². The maximum Gasteiger partial charge on any atom is 0.303 e. The van der Waals surface area contributed by atoms with E-state index in [0.29, 0.717) is 0 Å². The quantitative estimate of drug-likeness (QED) is 0.101. The summed E-state index contributed by atoms with van der Waals surface area (Å²) < 4.78 is 33.0. The van der Waals surface area contributed by atoms with Crippen LogP contribution in [0.15, 0.2) is 60.7 Å². The topological polar surface area (TPSA) is 130 Å². The summed E-state index contributed by atoms with van der Waals surface area (Å²) in [4.78, 5) is 36.7. The van der Waals surface area contributed by atoms with E-state index in [9.17, 15) is 14.4 Å². The summed E-state index contributed by atoms with van der Waals surface area (Å²) in [7, 11) is -3.14. The van der Waals surface area contributed by atoms with Crippen LogP contribution in [-0.4, -0.2) is 73.2 Å². The number of hydrogen-bond donors (Lipinski definition) is 1. The monoisotopic (exact) mass is 687 g/mol. The largest absolute Gasteiger partial charge is 0.456 e. The van der Waals surface area contributed by atoms with E-state index in [-0.39, 0.29) is 6.61 Å². The molecule has 44 heavy (non-hydrogen) atoms. The minimum atomic E-state index is -3.14. The predicted octanol–water partition coefficient (Wildman–Crippen LogP) is 4.45.